The molecule has 2 saturated heterocycles. The van der Waals surface area contributed by atoms with Gasteiger partial charge in [0.1, 0.15) is 17.9 Å². The van der Waals surface area contributed by atoms with Crippen molar-refractivity contribution in [1.82, 2.24) is 25.4 Å². The molecule has 16 heteroatoms. The van der Waals surface area contributed by atoms with Crippen molar-refractivity contribution in [2.24, 2.45) is 4.99 Å². The van der Waals surface area contributed by atoms with Crippen LogP contribution in [0.1, 0.15) is 33.9 Å². The summed E-state index contributed by atoms with van der Waals surface area (Å²) in [4.78, 5) is 65.0. The summed E-state index contributed by atoms with van der Waals surface area (Å²) in [7, 11) is 1.28. The van der Waals surface area contributed by atoms with Crippen molar-refractivity contribution in [3.05, 3.63) is 92.3 Å². The number of anilines is 1. The third-order valence-electron chi connectivity index (χ3n) is 8.40. The van der Waals surface area contributed by atoms with Crippen LogP contribution in [0.2, 0.25) is 5.02 Å². The first-order valence-electron chi connectivity index (χ1n) is 15.0. The number of ether oxygens (including phenoxy) is 1. The first-order valence-corrected chi connectivity index (χ1v) is 16.2. The van der Waals surface area contributed by atoms with E-state index in [4.69, 9.17) is 26.4 Å². The number of aliphatic carboxylic acids is 1. The van der Waals surface area contributed by atoms with Gasteiger partial charge in [-0.05, 0) is 43.3 Å². The normalized spacial score (nSPS) is 20.2. The Kier molecular flexibility index (Phi) is 9.44. The van der Waals surface area contributed by atoms with Crippen LogP contribution in [-0.4, -0.2) is 102 Å². The number of urea groups is 1. The first-order chi connectivity index (χ1) is 23.0. The molecular weight excluding hydrogens is 665 g/mol. The highest BCUT2D eigenvalue weighted by Gasteiger charge is 2.42. The number of benzene rings is 2. The Morgan fingerprint density at radius 1 is 1.19 bits per heavy atom. The molecule has 1 unspecified atom stereocenters. The minimum atomic E-state index is -1.14. The van der Waals surface area contributed by atoms with E-state index >= 15 is 0 Å². The number of nitrogens with one attached hydrogen (secondary N) is 2. The van der Waals surface area contributed by atoms with Crippen LogP contribution in [0.5, 0.6) is 0 Å². The smallest absolute Gasteiger partial charge is 0.338 e. The van der Waals surface area contributed by atoms with Gasteiger partial charge in [-0.1, -0.05) is 17.7 Å². The molecule has 1 aromatic heterocycles. The monoisotopic (exact) mass is 695 g/mol. The van der Waals surface area contributed by atoms with Crippen molar-refractivity contribution in [2.45, 2.75) is 25.0 Å². The summed E-state index contributed by atoms with van der Waals surface area (Å²) in [6.45, 7) is 3.52. The van der Waals surface area contributed by atoms with Crippen LogP contribution in [-0.2, 0) is 14.3 Å². The molecule has 2 fully saturated rings. The molecule has 3 aliphatic rings. The lowest BCUT2D eigenvalue weighted by atomic mass is 9.95. The summed E-state index contributed by atoms with van der Waals surface area (Å²) < 4.78 is 19.2. The second-order valence-electron chi connectivity index (χ2n) is 11.4. The van der Waals surface area contributed by atoms with Gasteiger partial charge in [-0.25, -0.2) is 19.0 Å². The number of amides is 3. The van der Waals surface area contributed by atoms with E-state index in [1.165, 1.54) is 43.6 Å². The number of carboxylic acid groups (broad SMARTS) is 1. The van der Waals surface area contributed by atoms with Crippen LogP contribution in [0.25, 0.3) is 0 Å². The van der Waals surface area contributed by atoms with E-state index < -0.39 is 35.7 Å². The molecule has 0 bridgehead atoms. The predicted molar refractivity (Wildman–Crippen MR) is 176 cm³/mol. The maximum Gasteiger partial charge on any atom is 0.338 e. The molecule has 0 saturated carbocycles. The van der Waals surface area contributed by atoms with Crippen molar-refractivity contribution in [3.8, 4) is 0 Å². The molecule has 48 heavy (non-hydrogen) atoms. The van der Waals surface area contributed by atoms with E-state index in [1.54, 1.807) is 40.3 Å². The molecule has 13 nitrogen and oxygen atoms in total. The third kappa shape index (κ3) is 6.61. The number of amidine groups is 1. The second kappa shape index (κ2) is 13.7. The minimum absolute atomic E-state index is 0.117. The number of halogens is 2. The van der Waals surface area contributed by atoms with E-state index in [0.29, 0.717) is 60.5 Å². The van der Waals surface area contributed by atoms with Gasteiger partial charge in [-0.15, -0.1) is 11.3 Å². The lowest BCUT2D eigenvalue weighted by Gasteiger charge is -2.38. The van der Waals surface area contributed by atoms with Gasteiger partial charge in [0.15, 0.2) is 10.8 Å². The number of esters is 1. The zero-order chi connectivity index (χ0) is 34.1. The van der Waals surface area contributed by atoms with Crippen molar-refractivity contribution < 1.29 is 33.4 Å². The number of rotatable bonds is 9. The highest BCUT2D eigenvalue weighted by Crippen LogP contribution is 2.37. The maximum absolute atomic E-state index is 14.0. The molecule has 3 aliphatic heterocycles. The Hall–Kier alpha value is -4.86. The minimum Gasteiger partial charge on any atom is -0.480 e. The molecule has 3 atom stereocenters. The van der Waals surface area contributed by atoms with Crippen LogP contribution >= 0.6 is 22.9 Å². The number of methoxy groups -OCH3 is 1. The number of carbonyl (C=O) groups is 4. The van der Waals surface area contributed by atoms with Crippen LogP contribution < -0.4 is 15.5 Å². The summed E-state index contributed by atoms with van der Waals surface area (Å²) in [6, 6.07) is 8.12. The summed E-state index contributed by atoms with van der Waals surface area (Å²) in [5.41, 5.74) is 2.09. The molecule has 4 heterocycles. The van der Waals surface area contributed by atoms with Crippen LogP contribution in [0, 0.1) is 5.82 Å². The SMILES string of the molecule is COC(=O)C1=C(CN2CCN3C(=O)N(c4ccc(C(=O)NC(C)C(=O)O)cc4)C[C@@H]3C2)NC(c2nccs2)=N[C@H]1c1ccc(F)cc1Cl. The van der Waals surface area contributed by atoms with Gasteiger partial charge in [0, 0.05) is 71.8 Å². The lowest BCUT2D eigenvalue weighted by molar-refractivity contribution is -0.139. The maximum atomic E-state index is 14.0. The highest BCUT2D eigenvalue weighted by atomic mass is 35.5. The zero-order valence-electron chi connectivity index (χ0n) is 25.9. The number of piperazine rings is 1. The van der Waals surface area contributed by atoms with Gasteiger partial charge in [-0.3, -0.25) is 24.4 Å². The molecule has 3 amide bonds. The number of hydrogen-bond donors (Lipinski definition) is 3. The Bertz CT molecular complexity index is 1820. The van der Waals surface area contributed by atoms with E-state index in [1.807, 2.05) is 5.38 Å². The zero-order valence-corrected chi connectivity index (χ0v) is 27.4. The quantitative estimate of drug-likeness (QED) is 0.286. The van der Waals surface area contributed by atoms with E-state index in [2.05, 4.69) is 20.5 Å². The Balaban J connectivity index is 1.22. The Morgan fingerprint density at radius 2 is 1.96 bits per heavy atom. The van der Waals surface area contributed by atoms with Gasteiger partial charge in [0.2, 0.25) is 0 Å². The average Bonchev–Trinajstić information content (AvgIpc) is 3.72. The number of carbonyl (C=O) groups excluding carboxylic acids is 3. The van der Waals surface area contributed by atoms with Gasteiger partial charge < -0.3 is 25.4 Å². The summed E-state index contributed by atoms with van der Waals surface area (Å²) in [6.07, 6.45) is 1.65. The predicted octanol–water partition coefficient (Wildman–Crippen LogP) is 3.28. The molecule has 250 valence electrons. The van der Waals surface area contributed by atoms with Crippen molar-refractivity contribution in [3.63, 3.8) is 0 Å². The molecule has 3 aromatic rings. The highest BCUT2D eigenvalue weighted by molar-refractivity contribution is 7.11. The standard InChI is InChI=1S/C32H31ClFN7O6S/c1-17(30(43)44)36-28(42)18-3-6-20(7-4-18)41-15-21-14-39(10-11-40(21)32(41)46)16-24-25(31(45)47-2)26(22-8-5-19(34)13-23(22)33)38-27(37-24)29-35-9-12-48-29/h3-9,12-13,17,21,26H,10-11,14-16H2,1-2H3,(H,36,42)(H,37,38)(H,43,44)/t17?,21-,26-/m0/s1. The number of thiazole rings is 1. The topological polar surface area (TPSA) is 157 Å². The van der Waals surface area contributed by atoms with Gasteiger partial charge in [0.05, 0.1) is 18.7 Å². The van der Waals surface area contributed by atoms with E-state index in [9.17, 15) is 23.6 Å². The van der Waals surface area contributed by atoms with Crippen LogP contribution in [0.15, 0.2) is 70.3 Å². The fourth-order valence-electron chi connectivity index (χ4n) is 5.96. The molecule has 3 N–H and O–H groups in total. The molecule has 0 aliphatic carbocycles. The number of aliphatic imine (C=N–C) groups is 1. The molecule has 0 spiro atoms. The average molecular weight is 696 g/mol. The van der Waals surface area contributed by atoms with Gasteiger partial charge in [-0.2, -0.15) is 0 Å². The molecule has 2 aromatic carbocycles. The lowest BCUT2D eigenvalue weighted by Crippen LogP contribution is -2.53. The summed E-state index contributed by atoms with van der Waals surface area (Å²) in [5, 5.41) is 17.3. The number of hydrogen-bond acceptors (Lipinski definition) is 10. The number of nitrogens with zero attached hydrogens (tertiary/aromatic N) is 5. The Labute approximate surface area is 283 Å². The largest absolute Gasteiger partial charge is 0.480 e. The summed E-state index contributed by atoms with van der Waals surface area (Å²) >= 11 is 7.84. The van der Waals surface area contributed by atoms with Gasteiger partial charge in [0.25, 0.3) is 5.91 Å². The number of carboxylic acids is 1. The molecular formula is C32H31ClFN7O6S. The van der Waals surface area contributed by atoms with Gasteiger partial charge >= 0.3 is 18.0 Å². The van der Waals surface area contributed by atoms with Crippen LogP contribution in [0.3, 0.4) is 0 Å². The fraction of sp³-hybridized carbons (Fsp3) is 0.312. The number of aromatic nitrogens is 1. The van der Waals surface area contributed by atoms with Crippen LogP contribution in [0.4, 0.5) is 14.9 Å². The van der Waals surface area contributed by atoms with E-state index in [0.717, 1.165) is 0 Å². The van der Waals surface area contributed by atoms with E-state index in [-0.39, 0.29) is 28.2 Å². The van der Waals surface area contributed by atoms with Crippen molar-refractivity contribution in [1.29, 1.82) is 0 Å². The molecule has 6 rings (SSSR count). The second-order valence-corrected chi connectivity index (χ2v) is 12.7. The Morgan fingerprint density at radius 3 is 2.62 bits per heavy atom. The van der Waals surface area contributed by atoms with Crippen molar-refractivity contribution >= 4 is 58.3 Å². The first kappa shape index (κ1) is 33.1. The van der Waals surface area contributed by atoms with Crippen molar-refractivity contribution in [2.75, 3.05) is 44.7 Å². The fourth-order valence-corrected chi connectivity index (χ4v) is 6.82. The summed E-state index contributed by atoms with van der Waals surface area (Å²) in [5.74, 6) is -2.36. The number of fused-ring (bicyclic) bond motifs is 1. The third-order valence-corrected chi connectivity index (χ3v) is 9.51. The molecule has 0 radical (unpaired) electrons.